The average Bonchev–Trinajstić information content (AvgIpc) is 2.87. The Morgan fingerprint density at radius 2 is 2.16 bits per heavy atom. The molecule has 0 aromatic heterocycles. The zero-order valence-electron chi connectivity index (χ0n) is 12.3. The van der Waals surface area contributed by atoms with E-state index in [1.807, 2.05) is 4.90 Å². The van der Waals surface area contributed by atoms with E-state index in [0.29, 0.717) is 6.42 Å². The quantitative estimate of drug-likeness (QED) is 0.860. The normalized spacial score (nSPS) is 30.6. The van der Waals surface area contributed by atoms with Gasteiger partial charge in [-0.3, -0.25) is 9.59 Å². The van der Waals surface area contributed by atoms with Gasteiger partial charge in [-0.2, -0.15) is 0 Å². The molecule has 2 heterocycles. The van der Waals surface area contributed by atoms with Crippen LogP contribution in [-0.2, 0) is 9.59 Å². The molecule has 0 aromatic carbocycles. The van der Waals surface area contributed by atoms with Crippen LogP contribution in [0.5, 0.6) is 0 Å². The number of nitrogens with one attached hydrogen (secondary N) is 1. The summed E-state index contributed by atoms with van der Waals surface area (Å²) in [4.78, 5) is 26.2. The minimum absolute atomic E-state index is 0.0117. The predicted molar refractivity (Wildman–Crippen MR) is 77.9 cm³/mol. The second-order valence-electron chi connectivity index (χ2n) is 6.02. The lowest BCUT2D eigenvalue weighted by Crippen LogP contribution is -2.55. The number of carbonyl (C=O) groups is 2. The average molecular weight is 284 g/mol. The summed E-state index contributed by atoms with van der Waals surface area (Å²) in [5, 5.41) is 3.14. The molecule has 2 unspecified atom stereocenters. The Bertz CT molecular complexity index is 395. The summed E-state index contributed by atoms with van der Waals surface area (Å²) in [6, 6.07) is -0.289. The lowest BCUT2D eigenvalue weighted by molar-refractivity contribution is -0.138. The van der Waals surface area contributed by atoms with Gasteiger partial charge in [-0.05, 0) is 33.1 Å². The summed E-state index contributed by atoms with van der Waals surface area (Å²) in [7, 11) is 0. The molecule has 2 saturated heterocycles. The third-order valence-corrected chi connectivity index (χ3v) is 6.24. The molecule has 2 aliphatic heterocycles. The highest BCUT2D eigenvalue weighted by atomic mass is 32.2. The lowest BCUT2D eigenvalue weighted by atomic mass is 9.95. The number of hydrogen-bond acceptors (Lipinski definition) is 3. The maximum atomic E-state index is 12.5. The van der Waals surface area contributed by atoms with E-state index in [9.17, 15) is 9.59 Å². The van der Waals surface area contributed by atoms with Gasteiger partial charge in [0.05, 0.1) is 4.87 Å². The van der Waals surface area contributed by atoms with Gasteiger partial charge in [-0.15, -0.1) is 11.8 Å². The first-order valence-electron chi connectivity index (χ1n) is 7.13. The number of rotatable bonds is 4. The van der Waals surface area contributed by atoms with Crippen molar-refractivity contribution in [1.82, 2.24) is 10.2 Å². The second kappa shape index (κ2) is 5.00. The van der Waals surface area contributed by atoms with E-state index in [1.165, 1.54) is 0 Å². The fraction of sp³-hybridized carbons (Fsp3) is 0.857. The number of nitrogens with zero attached hydrogens (tertiary/aromatic N) is 1. The maximum Gasteiger partial charge on any atom is 0.244 e. The van der Waals surface area contributed by atoms with Crippen molar-refractivity contribution >= 4 is 23.6 Å². The summed E-state index contributed by atoms with van der Waals surface area (Å²) >= 11 is 1.74. The van der Waals surface area contributed by atoms with Gasteiger partial charge < -0.3 is 10.2 Å². The summed E-state index contributed by atoms with van der Waals surface area (Å²) in [6.07, 6.45) is 3.24. The smallest absolute Gasteiger partial charge is 0.244 e. The van der Waals surface area contributed by atoms with Crippen molar-refractivity contribution in [1.29, 1.82) is 0 Å². The Kier molecular flexibility index (Phi) is 3.87. The second-order valence-corrected chi connectivity index (χ2v) is 7.52. The highest BCUT2D eigenvalue weighted by Crippen LogP contribution is 2.47. The molecule has 108 valence electrons. The number of carbonyl (C=O) groups excluding carboxylic acids is 2. The Balaban J connectivity index is 2.11. The molecule has 5 heteroatoms. The van der Waals surface area contributed by atoms with E-state index in [0.717, 1.165) is 25.0 Å². The van der Waals surface area contributed by atoms with Gasteiger partial charge in [0.15, 0.2) is 0 Å². The fourth-order valence-corrected chi connectivity index (χ4v) is 4.25. The first-order chi connectivity index (χ1) is 8.85. The summed E-state index contributed by atoms with van der Waals surface area (Å²) in [5.41, 5.74) is -0.163. The maximum absolute atomic E-state index is 12.5. The zero-order chi connectivity index (χ0) is 14.3. The highest BCUT2D eigenvalue weighted by molar-refractivity contribution is 8.01. The Labute approximate surface area is 119 Å². The van der Waals surface area contributed by atoms with Crippen molar-refractivity contribution in [3.63, 3.8) is 0 Å². The van der Waals surface area contributed by atoms with Crippen molar-refractivity contribution in [2.75, 3.05) is 5.75 Å². The molecule has 2 amide bonds. The SMILES string of the molecule is CCC(C)(CC)NC(=O)C1CSC2(C)CCC(=O)N12. The van der Waals surface area contributed by atoms with Crippen LogP contribution in [-0.4, -0.2) is 38.9 Å². The van der Waals surface area contributed by atoms with Crippen LogP contribution >= 0.6 is 11.8 Å². The molecular formula is C14H24N2O2S. The van der Waals surface area contributed by atoms with Crippen LogP contribution < -0.4 is 5.32 Å². The van der Waals surface area contributed by atoms with E-state index in [4.69, 9.17) is 0 Å². The predicted octanol–water partition coefficient (Wildman–Crippen LogP) is 2.14. The van der Waals surface area contributed by atoms with Gasteiger partial charge in [-0.1, -0.05) is 13.8 Å². The monoisotopic (exact) mass is 284 g/mol. The molecule has 0 aliphatic carbocycles. The molecule has 0 saturated carbocycles. The number of hydrogen-bond donors (Lipinski definition) is 1. The fourth-order valence-electron chi connectivity index (χ4n) is 2.82. The first-order valence-corrected chi connectivity index (χ1v) is 8.12. The molecule has 2 fully saturated rings. The molecule has 2 atom stereocenters. The van der Waals surface area contributed by atoms with Crippen LogP contribution in [0.15, 0.2) is 0 Å². The molecule has 0 aromatic rings. The molecule has 2 aliphatic rings. The minimum Gasteiger partial charge on any atom is -0.349 e. The van der Waals surface area contributed by atoms with E-state index in [-0.39, 0.29) is 28.3 Å². The van der Waals surface area contributed by atoms with Crippen LogP contribution in [0.1, 0.15) is 53.4 Å². The van der Waals surface area contributed by atoms with Gasteiger partial charge in [0, 0.05) is 17.7 Å². The van der Waals surface area contributed by atoms with E-state index in [1.54, 1.807) is 11.8 Å². The standard InChI is InChI=1S/C14H24N2O2S/c1-5-13(3,6-2)15-12(18)10-9-19-14(4)8-7-11(17)16(10)14/h10H,5-9H2,1-4H3,(H,15,18). The van der Waals surface area contributed by atoms with E-state index >= 15 is 0 Å². The third kappa shape index (κ3) is 2.49. The van der Waals surface area contributed by atoms with Crippen molar-refractivity contribution in [3.05, 3.63) is 0 Å². The molecular weight excluding hydrogens is 260 g/mol. The summed E-state index contributed by atoms with van der Waals surface area (Å²) in [6.45, 7) is 8.31. The highest BCUT2D eigenvalue weighted by Gasteiger charge is 2.53. The van der Waals surface area contributed by atoms with Gasteiger partial charge in [0.2, 0.25) is 11.8 Å². The van der Waals surface area contributed by atoms with Crippen LogP contribution in [0, 0.1) is 0 Å². The van der Waals surface area contributed by atoms with Crippen molar-refractivity contribution < 1.29 is 9.59 Å². The Morgan fingerprint density at radius 1 is 1.53 bits per heavy atom. The van der Waals surface area contributed by atoms with Crippen LogP contribution in [0.3, 0.4) is 0 Å². The third-order valence-electron chi connectivity index (χ3n) is 4.73. The zero-order valence-corrected chi connectivity index (χ0v) is 13.1. The number of thioether (sulfide) groups is 1. The largest absolute Gasteiger partial charge is 0.349 e. The van der Waals surface area contributed by atoms with E-state index < -0.39 is 0 Å². The van der Waals surface area contributed by atoms with Gasteiger partial charge >= 0.3 is 0 Å². The molecule has 4 nitrogen and oxygen atoms in total. The molecule has 1 N–H and O–H groups in total. The molecule has 0 radical (unpaired) electrons. The van der Waals surface area contributed by atoms with Crippen LogP contribution in [0.2, 0.25) is 0 Å². The molecule has 2 rings (SSSR count). The van der Waals surface area contributed by atoms with Gasteiger partial charge in [0.1, 0.15) is 6.04 Å². The van der Waals surface area contributed by atoms with Crippen LogP contribution in [0.4, 0.5) is 0 Å². The molecule has 19 heavy (non-hydrogen) atoms. The van der Waals surface area contributed by atoms with Gasteiger partial charge in [-0.25, -0.2) is 0 Å². The van der Waals surface area contributed by atoms with Crippen molar-refractivity contribution in [2.24, 2.45) is 0 Å². The van der Waals surface area contributed by atoms with Crippen LogP contribution in [0.25, 0.3) is 0 Å². The molecule has 0 spiro atoms. The first kappa shape index (κ1) is 14.7. The summed E-state index contributed by atoms with van der Waals surface area (Å²) in [5.74, 6) is 0.859. The summed E-state index contributed by atoms with van der Waals surface area (Å²) < 4.78 is 0. The lowest BCUT2D eigenvalue weighted by Gasteiger charge is -2.34. The topological polar surface area (TPSA) is 49.4 Å². The molecule has 0 bridgehead atoms. The van der Waals surface area contributed by atoms with Crippen molar-refractivity contribution in [3.8, 4) is 0 Å². The minimum atomic E-state index is -0.289. The van der Waals surface area contributed by atoms with Gasteiger partial charge in [0.25, 0.3) is 0 Å². The number of fused-ring (bicyclic) bond motifs is 1. The Hall–Kier alpha value is -0.710. The van der Waals surface area contributed by atoms with E-state index in [2.05, 4.69) is 33.0 Å². The Morgan fingerprint density at radius 3 is 2.74 bits per heavy atom. The number of amides is 2. The van der Waals surface area contributed by atoms with Crippen molar-refractivity contribution in [2.45, 2.75) is 69.8 Å².